The molecule has 6 bridgehead atoms. The quantitative estimate of drug-likeness (QED) is 0.0203. The number of cyclic esters (lactones) is 1. The second kappa shape index (κ2) is 32.0. The summed E-state index contributed by atoms with van der Waals surface area (Å²) >= 11 is 0. The fraction of sp³-hybridized carbons (Fsp3) is 0.761. The van der Waals surface area contributed by atoms with E-state index in [-0.39, 0.29) is 56.9 Å². The Kier molecular flexibility index (Phi) is 26.1. The van der Waals surface area contributed by atoms with Gasteiger partial charge in [-0.3, -0.25) is 14.4 Å². The molecule has 4 aliphatic heterocycles. The van der Waals surface area contributed by atoms with Gasteiger partial charge in [-0.15, -0.1) is 0 Å². The van der Waals surface area contributed by atoms with Gasteiger partial charge in [0.2, 0.25) is 5.79 Å². The van der Waals surface area contributed by atoms with E-state index in [1.807, 2.05) is 13.0 Å². The molecule has 6 aliphatic rings. The van der Waals surface area contributed by atoms with Crippen molar-refractivity contribution >= 4 is 35.8 Å². The number of allylic oxidation sites excluding steroid dienone is 3. The van der Waals surface area contributed by atoms with E-state index < -0.39 is 120 Å². The fourth-order valence-corrected chi connectivity index (χ4v) is 13.1. The number of aliphatic hydroxyl groups is 3. The molecule has 2 saturated carbocycles. The van der Waals surface area contributed by atoms with E-state index in [1.54, 1.807) is 52.8 Å². The van der Waals surface area contributed by atoms with Crippen LogP contribution in [0.15, 0.2) is 59.8 Å². The molecule has 0 aromatic rings. The number of esters is 6. The van der Waals surface area contributed by atoms with Gasteiger partial charge < -0.3 is 58.0 Å². The first-order valence-electron chi connectivity index (χ1n) is 31.8. The third kappa shape index (κ3) is 20.4. The van der Waals surface area contributed by atoms with Crippen molar-refractivity contribution in [3.05, 3.63) is 59.8 Å². The predicted octanol–water partition coefficient (Wildman–Crippen LogP) is 10.8. The van der Waals surface area contributed by atoms with E-state index in [0.717, 1.165) is 61.9 Å². The van der Waals surface area contributed by atoms with Gasteiger partial charge in [0.15, 0.2) is 11.9 Å². The molecule has 3 N–H and O–H groups in total. The van der Waals surface area contributed by atoms with Crippen molar-refractivity contribution in [3.63, 3.8) is 0 Å². The number of methoxy groups -OCH3 is 2. The second-order valence-electron chi connectivity index (χ2n) is 26.3. The van der Waals surface area contributed by atoms with Crippen molar-refractivity contribution in [1.29, 1.82) is 0 Å². The highest BCUT2D eigenvalue weighted by atomic mass is 16.7. The molecule has 18 nitrogen and oxygen atoms in total. The summed E-state index contributed by atoms with van der Waals surface area (Å²) in [4.78, 5) is 80.2. The largest absolute Gasteiger partial charge is 0.466 e. The average molecular weight is 1200 g/mol. The van der Waals surface area contributed by atoms with E-state index in [0.29, 0.717) is 12.0 Å². The normalized spacial score (nSPS) is 34.6. The number of hydrogen-bond acceptors (Lipinski definition) is 18. The van der Waals surface area contributed by atoms with Crippen molar-refractivity contribution < 1.29 is 86.7 Å². The standard InChI is InChI=1S/C67H102O18/c1-11-13-15-17-22-27-59(71)83-63-50(37-61(73)78-10)36-53-40-56(43(3)79-58(70)26-23-19-16-18-21-25-47-34-49(47)35-48-33-46(48)24-20-14-12-2)82-62(74)39-51(69)38-54-41-57(80-44(4)68)65(7,8)66(75,84-54)42-55-31-45(32-60(72)77-9)30-52(81-55)28-29-64(5,6)67(63,76)85-53/h15,17,22,27-29,32,37,43,46-49,51-57,63,69,75-76H,11-14,16,18-21,23-26,30-31,33-36,38-42H2,1-10H3/b17-15+,27-22+,29-28+,45-32+,50-37-/t43-,46?,47?,48?,49?,51-,52+,53+,54?,55+,56-,57+,63+,66+,67-/m1/s1. The molecule has 6 rings (SSSR count). The predicted molar refractivity (Wildman–Crippen MR) is 316 cm³/mol. The molecule has 2 aliphatic carbocycles. The number of unbranched alkanes of at least 4 members (excludes halogenated alkanes) is 7. The van der Waals surface area contributed by atoms with Crippen LogP contribution in [0.5, 0.6) is 0 Å². The molecule has 15 atom stereocenters. The van der Waals surface area contributed by atoms with E-state index in [9.17, 15) is 44.1 Å². The van der Waals surface area contributed by atoms with Crippen molar-refractivity contribution in [2.75, 3.05) is 14.2 Å². The Morgan fingerprint density at radius 3 is 2.07 bits per heavy atom. The van der Waals surface area contributed by atoms with Crippen LogP contribution in [0.4, 0.5) is 0 Å². The lowest BCUT2D eigenvalue weighted by atomic mass is 9.70. The monoisotopic (exact) mass is 1190 g/mol. The summed E-state index contributed by atoms with van der Waals surface area (Å²) in [7, 11) is 2.43. The van der Waals surface area contributed by atoms with E-state index in [4.69, 9.17) is 42.6 Å². The molecule has 0 aromatic heterocycles. The summed E-state index contributed by atoms with van der Waals surface area (Å²) in [5.41, 5.74) is -2.12. The summed E-state index contributed by atoms with van der Waals surface area (Å²) in [6.45, 7) is 13.8. The molecule has 18 heteroatoms. The maximum absolute atomic E-state index is 14.2. The third-order valence-corrected chi connectivity index (χ3v) is 18.6. The second-order valence-corrected chi connectivity index (χ2v) is 26.3. The molecular formula is C67H102O18. The number of carbonyl (C=O) groups is 6. The average Bonchev–Trinajstić information content (AvgIpc) is 1.63. The van der Waals surface area contributed by atoms with Crippen molar-refractivity contribution in [2.24, 2.45) is 34.5 Å². The van der Waals surface area contributed by atoms with Gasteiger partial charge in [-0.2, -0.15) is 0 Å². The van der Waals surface area contributed by atoms with Gasteiger partial charge in [0.05, 0.1) is 56.6 Å². The summed E-state index contributed by atoms with van der Waals surface area (Å²) < 4.78 is 54.0. The Bertz CT molecular complexity index is 2400. The van der Waals surface area contributed by atoms with Crippen LogP contribution in [-0.4, -0.2) is 132 Å². The number of aliphatic hydroxyl groups excluding tert-OH is 1. The minimum absolute atomic E-state index is 0.0585. The van der Waals surface area contributed by atoms with Gasteiger partial charge >= 0.3 is 35.8 Å². The Labute approximate surface area is 505 Å². The lowest BCUT2D eigenvalue weighted by Gasteiger charge is -2.53. The van der Waals surface area contributed by atoms with Crippen LogP contribution in [0, 0.1) is 34.5 Å². The number of rotatable bonds is 24. The summed E-state index contributed by atoms with van der Waals surface area (Å²) in [6, 6.07) is 0. The van der Waals surface area contributed by atoms with Crippen molar-refractivity contribution in [1.82, 2.24) is 0 Å². The van der Waals surface area contributed by atoms with E-state index in [1.165, 1.54) is 97.2 Å². The van der Waals surface area contributed by atoms with Gasteiger partial charge in [0.25, 0.3) is 0 Å². The zero-order valence-corrected chi connectivity index (χ0v) is 52.6. The molecule has 4 heterocycles. The Morgan fingerprint density at radius 1 is 0.729 bits per heavy atom. The maximum atomic E-state index is 14.2. The summed E-state index contributed by atoms with van der Waals surface area (Å²) in [6.07, 6.45) is 18.3. The summed E-state index contributed by atoms with van der Waals surface area (Å²) in [5, 5.41) is 37.7. The van der Waals surface area contributed by atoms with Crippen LogP contribution >= 0.6 is 0 Å². The molecule has 3 saturated heterocycles. The van der Waals surface area contributed by atoms with Gasteiger partial charge in [-0.05, 0) is 87.5 Å². The molecule has 0 amide bonds. The Balaban J connectivity index is 1.27. The van der Waals surface area contributed by atoms with Crippen LogP contribution < -0.4 is 0 Å². The maximum Gasteiger partial charge on any atom is 0.331 e. The number of ether oxygens (including phenoxy) is 9. The van der Waals surface area contributed by atoms with Crippen LogP contribution in [0.25, 0.3) is 0 Å². The SMILES string of the molecule is CCC/C=C/C=C/C(=O)O[C@H]1/C(=C\C(=O)OC)C[C@H]2C[C@H]([C@@H](C)OC(=O)CCCCCCCC3CC3CC3CC3CCCCC)OC(=O)C[C@H](O)CC3C[C@H](OC(C)=O)C(C)(C)[C@](O)(C[C@@H]4C/C(=C/C(=O)OC)C[C@H](/C=C/C(C)(C)[C@]1(O)O2)O4)O3. The lowest BCUT2D eigenvalue weighted by molar-refractivity contribution is -0.348. The van der Waals surface area contributed by atoms with Gasteiger partial charge in [0, 0.05) is 62.7 Å². The first-order chi connectivity index (χ1) is 40.3. The van der Waals surface area contributed by atoms with Crippen molar-refractivity contribution in [2.45, 2.75) is 276 Å². The minimum atomic E-state index is -2.51. The Hall–Kier alpha value is -4.72. The zero-order chi connectivity index (χ0) is 62.1. The molecular weight excluding hydrogens is 1090 g/mol. The lowest BCUT2D eigenvalue weighted by Crippen LogP contribution is -2.62. The number of carbonyl (C=O) groups excluding carboxylic acids is 6. The van der Waals surface area contributed by atoms with Gasteiger partial charge in [0.1, 0.15) is 18.3 Å². The van der Waals surface area contributed by atoms with Crippen molar-refractivity contribution in [3.8, 4) is 0 Å². The Morgan fingerprint density at radius 2 is 1.40 bits per heavy atom. The molecule has 0 aromatic carbocycles. The topological polar surface area (TPSA) is 246 Å². The molecule has 478 valence electrons. The molecule has 5 fully saturated rings. The van der Waals surface area contributed by atoms with Gasteiger partial charge in [-0.25, -0.2) is 14.4 Å². The number of fused-ring (bicyclic) bond motifs is 6. The highest BCUT2D eigenvalue weighted by Gasteiger charge is 2.60. The van der Waals surface area contributed by atoms with Crippen LogP contribution in [0.2, 0.25) is 0 Å². The van der Waals surface area contributed by atoms with Crippen LogP contribution in [0.3, 0.4) is 0 Å². The first kappa shape index (κ1) is 69.4. The zero-order valence-electron chi connectivity index (χ0n) is 52.6. The van der Waals surface area contributed by atoms with Crippen LogP contribution in [-0.2, 0) is 71.4 Å². The molecule has 0 spiro atoms. The fourth-order valence-electron chi connectivity index (χ4n) is 13.1. The smallest absolute Gasteiger partial charge is 0.331 e. The first-order valence-corrected chi connectivity index (χ1v) is 31.8. The molecule has 0 radical (unpaired) electrons. The molecule has 5 unspecified atom stereocenters. The highest BCUT2D eigenvalue weighted by Crippen LogP contribution is 2.55. The van der Waals surface area contributed by atoms with Crippen LogP contribution in [0.1, 0.15) is 209 Å². The number of hydrogen-bond donors (Lipinski definition) is 3. The molecule has 85 heavy (non-hydrogen) atoms. The van der Waals surface area contributed by atoms with Gasteiger partial charge in [-0.1, -0.05) is 142 Å². The summed E-state index contributed by atoms with van der Waals surface area (Å²) in [5.74, 6) is -5.19. The van der Waals surface area contributed by atoms with E-state index >= 15 is 0 Å². The minimum Gasteiger partial charge on any atom is -0.466 e. The third-order valence-electron chi connectivity index (χ3n) is 18.6. The van der Waals surface area contributed by atoms with E-state index in [2.05, 4.69) is 6.92 Å². The highest BCUT2D eigenvalue weighted by molar-refractivity contribution is 5.85.